The van der Waals surface area contributed by atoms with Crippen LogP contribution in [0.15, 0.2) is 12.4 Å². The number of hydrogen-bond donors (Lipinski definition) is 2. The zero-order valence-electron chi connectivity index (χ0n) is 8.33. The topological polar surface area (TPSA) is 55.9 Å². The van der Waals surface area contributed by atoms with Gasteiger partial charge in [-0.1, -0.05) is 19.8 Å². The van der Waals surface area contributed by atoms with E-state index in [9.17, 15) is 0 Å². The van der Waals surface area contributed by atoms with E-state index in [-0.39, 0.29) is 6.04 Å². The van der Waals surface area contributed by atoms with E-state index in [0.29, 0.717) is 0 Å². The van der Waals surface area contributed by atoms with E-state index >= 15 is 0 Å². The summed E-state index contributed by atoms with van der Waals surface area (Å²) in [5.41, 5.74) is 2.80. The van der Waals surface area contributed by atoms with E-state index in [2.05, 4.69) is 17.3 Å². The summed E-state index contributed by atoms with van der Waals surface area (Å²) < 4.78 is 2.00. The second-order valence-corrected chi connectivity index (χ2v) is 3.26. The number of imidazole rings is 1. The summed E-state index contributed by atoms with van der Waals surface area (Å²) in [5.74, 6) is 6.48. The number of nitrogens with two attached hydrogens (primary N) is 1. The summed E-state index contributed by atoms with van der Waals surface area (Å²) in [4.78, 5) is 4.26. The van der Waals surface area contributed by atoms with Crippen LogP contribution in [0.3, 0.4) is 0 Å². The third-order valence-corrected chi connectivity index (χ3v) is 2.22. The summed E-state index contributed by atoms with van der Waals surface area (Å²) in [6.45, 7) is 2.17. The van der Waals surface area contributed by atoms with Crippen LogP contribution >= 0.6 is 0 Å². The van der Waals surface area contributed by atoms with Gasteiger partial charge in [0.25, 0.3) is 0 Å². The molecule has 0 aliphatic carbocycles. The van der Waals surface area contributed by atoms with Crippen LogP contribution < -0.4 is 11.3 Å². The highest BCUT2D eigenvalue weighted by Crippen LogP contribution is 2.15. The second kappa shape index (κ2) is 4.99. The number of aryl methyl sites for hydroxylation is 1. The van der Waals surface area contributed by atoms with Gasteiger partial charge >= 0.3 is 0 Å². The summed E-state index contributed by atoms with van der Waals surface area (Å²) in [7, 11) is 1.98. The molecule has 74 valence electrons. The van der Waals surface area contributed by atoms with Crippen LogP contribution in [0.4, 0.5) is 0 Å². The van der Waals surface area contributed by atoms with E-state index in [1.54, 1.807) is 6.20 Å². The number of rotatable bonds is 5. The first-order chi connectivity index (χ1) is 6.29. The van der Waals surface area contributed by atoms with Gasteiger partial charge in [0.15, 0.2) is 0 Å². The average molecular weight is 182 g/mol. The number of unbranched alkanes of at least 4 members (excludes halogenated alkanes) is 1. The molecule has 0 bridgehead atoms. The first kappa shape index (κ1) is 10.2. The van der Waals surface area contributed by atoms with Crippen LogP contribution in [0.2, 0.25) is 0 Å². The molecule has 0 saturated heterocycles. The van der Waals surface area contributed by atoms with Gasteiger partial charge < -0.3 is 4.57 Å². The zero-order valence-corrected chi connectivity index (χ0v) is 8.33. The van der Waals surface area contributed by atoms with Crippen molar-refractivity contribution < 1.29 is 0 Å². The van der Waals surface area contributed by atoms with Crippen LogP contribution in [-0.2, 0) is 7.05 Å². The summed E-state index contributed by atoms with van der Waals surface area (Å²) in [6, 6.07) is 0.181. The Morgan fingerprint density at radius 2 is 2.46 bits per heavy atom. The standard InChI is InChI=1S/C9H18N4/c1-3-4-5-8(12-10)9-11-6-7-13(9)2/h6-8,12H,3-5,10H2,1-2H3. The Balaban J connectivity index is 2.61. The molecule has 3 N–H and O–H groups in total. The average Bonchev–Trinajstić information content (AvgIpc) is 2.54. The lowest BCUT2D eigenvalue weighted by molar-refractivity contribution is 0.461. The van der Waals surface area contributed by atoms with Gasteiger partial charge in [0.1, 0.15) is 5.82 Å². The van der Waals surface area contributed by atoms with Gasteiger partial charge in [0, 0.05) is 19.4 Å². The Morgan fingerprint density at radius 1 is 1.69 bits per heavy atom. The monoisotopic (exact) mass is 182 g/mol. The highest BCUT2D eigenvalue weighted by molar-refractivity contribution is 4.97. The predicted molar refractivity (Wildman–Crippen MR) is 52.8 cm³/mol. The van der Waals surface area contributed by atoms with E-state index in [1.165, 1.54) is 12.8 Å². The van der Waals surface area contributed by atoms with E-state index in [0.717, 1.165) is 12.2 Å². The van der Waals surface area contributed by atoms with Crippen LogP contribution in [0, 0.1) is 0 Å². The fraction of sp³-hybridized carbons (Fsp3) is 0.667. The lowest BCUT2D eigenvalue weighted by Gasteiger charge is -2.14. The fourth-order valence-corrected chi connectivity index (χ4v) is 1.41. The Hall–Kier alpha value is -0.870. The molecular weight excluding hydrogens is 164 g/mol. The van der Waals surface area contributed by atoms with Gasteiger partial charge in [0.05, 0.1) is 6.04 Å². The molecule has 1 aromatic rings. The maximum Gasteiger partial charge on any atom is 0.126 e. The summed E-state index contributed by atoms with van der Waals surface area (Å²) in [5, 5.41) is 0. The van der Waals surface area contributed by atoms with Gasteiger partial charge in [-0.05, 0) is 6.42 Å². The van der Waals surface area contributed by atoms with Crippen molar-refractivity contribution in [2.45, 2.75) is 32.2 Å². The van der Waals surface area contributed by atoms with Crippen molar-refractivity contribution >= 4 is 0 Å². The molecule has 0 amide bonds. The maximum atomic E-state index is 5.47. The zero-order chi connectivity index (χ0) is 9.68. The van der Waals surface area contributed by atoms with Gasteiger partial charge in [-0.25, -0.2) is 10.4 Å². The fourth-order valence-electron chi connectivity index (χ4n) is 1.41. The molecule has 0 spiro atoms. The molecule has 0 aliphatic heterocycles. The Bertz CT molecular complexity index is 244. The maximum absolute atomic E-state index is 5.47. The molecule has 0 aliphatic rings. The Kier molecular flexibility index (Phi) is 3.92. The molecule has 13 heavy (non-hydrogen) atoms. The molecule has 0 saturated carbocycles. The lowest BCUT2D eigenvalue weighted by atomic mass is 10.1. The summed E-state index contributed by atoms with van der Waals surface area (Å²) in [6.07, 6.45) is 7.12. The van der Waals surface area contributed by atoms with Crippen LogP contribution in [0.1, 0.15) is 38.1 Å². The predicted octanol–water partition coefficient (Wildman–Crippen LogP) is 1.11. The number of hydrazine groups is 1. The first-order valence-electron chi connectivity index (χ1n) is 4.73. The number of aromatic nitrogens is 2. The van der Waals surface area contributed by atoms with Crippen LogP contribution in [0.5, 0.6) is 0 Å². The van der Waals surface area contributed by atoms with Crippen molar-refractivity contribution in [3.05, 3.63) is 18.2 Å². The minimum atomic E-state index is 0.181. The van der Waals surface area contributed by atoms with E-state index in [1.807, 2.05) is 17.8 Å². The van der Waals surface area contributed by atoms with E-state index in [4.69, 9.17) is 5.84 Å². The quantitative estimate of drug-likeness (QED) is 0.530. The summed E-state index contributed by atoms with van der Waals surface area (Å²) >= 11 is 0. The Morgan fingerprint density at radius 3 is 2.92 bits per heavy atom. The minimum Gasteiger partial charge on any atom is -0.337 e. The van der Waals surface area contributed by atoms with Crippen LogP contribution in [-0.4, -0.2) is 9.55 Å². The van der Waals surface area contributed by atoms with Crippen molar-refractivity contribution in [3.8, 4) is 0 Å². The molecule has 0 aromatic carbocycles. The van der Waals surface area contributed by atoms with E-state index < -0.39 is 0 Å². The van der Waals surface area contributed by atoms with Gasteiger partial charge in [-0.3, -0.25) is 5.84 Å². The van der Waals surface area contributed by atoms with Crippen molar-refractivity contribution in [2.75, 3.05) is 0 Å². The van der Waals surface area contributed by atoms with Gasteiger partial charge in [-0.2, -0.15) is 0 Å². The molecule has 1 unspecified atom stereocenters. The molecule has 0 fully saturated rings. The third kappa shape index (κ3) is 2.54. The Labute approximate surface area is 79.1 Å². The highest BCUT2D eigenvalue weighted by Gasteiger charge is 2.12. The van der Waals surface area contributed by atoms with Crippen LogP contribution in [0.25, 0.3) is 0 Å². The van der Waals surface area contributed by atoms with Gasteiger partial charge in [0.2, 0.25) is 0 Å². The molecule has 4 nitrogen and oxygen atoms in total. The number of nitrogens with zero attached hydrogens (tertiary/aromatic N) is 2. The van der Waals surface area contributed by atoms with Gasteiger partial charge in [-0.15, -0.1) is 0 Å². The molecule has 1 heterocycles. The van der Waals surface area contributed by atoms with Crippen molar-refractivity contribution in [3.63, 3.8) is 0 Å². The SMILES string of the molecule is CCCCC(NN)c1nccn1C. The smallest absolute Gasteiger partial charge is 0.126 e. The highest BCUT2D eigenvalue weighted by atomic mass is 15.3. The number of hydrogen-bond acceptors (Lipinski definition) is 3. The normalized spacial score (nSPS) is 13.2. The molecule has 1 rings (SSSR count). The first-order valence-corrected chi connectivity index (χ1v) is 4.73. The number of nitrogens with one attached hydrogen (secondary N) is 1. The van der Waals surface area contributed by atoms with Crippen molar-refractivity contribution in [2.24, 2.45) is 12.9 Å². The second-order valence-electron chi connectivity index (χ2n) is 3.26. The molecule has 4 heteroatoms. The minimum absolute atomic E-state index is 0.181. The molecule has 1 atom stereocenters. The lowest BCUT2D eigenvalue weighted by Crippen LogP contribution is -2.29. The largest absolute Gasteiger partial charge is 0.337 e. The third-order valence-electron chi connectivity index (χ3n) is 2.22. The van der Waals surface area contributed by atoms with Crippen molar-refractivity contribution in [1.29, 1.82) is 0 Å². The molecule has 1 aromatic heterocycles. The molecule has 0 radical (unpaired) electrons. The van der Waals surface area contributed by atoms with Crippen molar-refractivity contribution in [1.82, 2.24) is 15.0 Å². The molecular formula is C9H18N4.